The molecule has 0 unspecified atom stereocenters. The predicted molar refractivity (Wildman–Crippen MR) is 92.0 cm³/mol. The van der Waals surface area contributed by atoms with Crippen LogP contribution in [0.4, 0.5) is 0 Å². The molecule has 0 amide bonds. The number of nitrogens with zero attached hydrogens (tertiary/aromatic N) is 2. The fourth-order valence-electron chi connectivity index (χ4n) is 3.31. The second kappa shape index (κ2) is 5.22. The second-order valence-electron chi connectivity index (χ2n) is 5.86. The minimum atomic E-state index is -0.468. The van der Waals surface area contributed by atoms with Crippen LogP contribution in [0.2, 0.25) is 0 Å². The van der Waals surface area contributed by atoms with Gasteiger partial charge in [0.1, 0.15) is 22.4 Å². The van der Waals surface area contributed by atoms with Crippen molar-refractivity contribution in [1.82, 2.24) is 8.75 Å². The number of hydrogen-bond donors (Lipinski definition) is 0. The summed E-state index contributed by atoms with van der Waals surface area (Å²) in [6, 6.07) is 10.5. The Labute approximate surface area is 145 Å². The molecule has 0 fully saturated rings. The van der Waals surface area contributed by atoms with Crippen molar-refractivity contribution >= 4 is 39.7 Å². The van der Waals surface area contributed by atoms with Crippen LogP contribution in [-0.4, -0.2) is 14.7 Å². The zero-order valence-corrected chi connectivity index (χ0v) is 13.6. The van der Waals surface area contributed by atoms with Crippen molar-refractivity contribution in [3.05, 3.63) is 64.0 Å². The number of fused-ring (bicyclic) bond motifs is 4. The molecule has 122 valence electrons. The first-order valence-corrected chi connectivity index (χ1v) is 8.41. The third kappa shape index (κ3) is 2.09. The number of hydrogen-bond acceptors (Lipinski definition) is 7. The van der Waals surface area contributed by atoms with E-state index in [0.717, 1.165) is 17.2 Å². The highest BCUT2D eigenvalue weighted by atomic mass is 32.1. The second-order valence-corrected chi connectivity index (χ2v) is 6.38. The molecule has 1 aliphatic heterocycles. The normalized spacial score (nSPS) is 16.8. The van der Waals surface area contributed by atoms with Crippen molar-refractivity contribution in [2.75, 3.05) is 0 Å². The Morgan fingerprint density at radius 1 is 1.08 bits per heavy atom. The lowest BCUT2D eigenvalue weighted by atomic mass is 9.86. The van der Waals surface area contributed by atoms with Crippen LogP contribution >= 0.6 is 11.7 Å². The van der Waals surface area contributed by atoms with Crippen molar-refractivity contribution < 1.29 is 13.9 Å². The fourth-order valence-corrected chi connectivity index (χ4v) is 3.86. The van der Waals surface area contributed by atoms with Crippen LogP contribution in [0.15, 0.2) is 51.9 Å². The zero-order valence-electron chi connectivity index (χ0n) is 12.8. The maximum atomic E-state index is 13.0. The Morgan fingerprint density at radius 2 is 1.96 bits per heavy atom. The summed E-state index contributed by atoms with van der Waals surface area (Å²) in [5.41, 5.74) is 2.89. The highest BCUT2D eigenvalue weighted by Gasteiger charge is 2.33. The third-order valence-electron chi connectivity index (χ3n) is 4.45. The summed E-state index contributed by atoms with van der Waals surface area (Å²) in [4.78, 5) is 25.0. The van der Waals surface area contributed by atoms with E-state index in [4.69, 9.17) is 9.15 Å². The van der Waals surface area contributed by atoms with Gasteiger partial charge in [-0.15, -0.1) is 0 Å². The largest absolute Gasteiger partial charge is 0.464 e. The molecule has 2 aromatic carbocycles. The summed E-state index contributed by atoms with van der Waals surface area (Å²) in [5.74, 6) is -0.425. The maximum absolute atomic E-state index is 13.0. The minimum absolute atomic E-state index is 0.0622. The van der Waals surface area contributed by atoms with Crippen molar-refractivity contribution in [3.8, 4) is 5.75 Å². The molecule has 1 atom stereocenters. The summed E-state index contributed by atoms with van der Waals surface area (Å²) < 4.78 is 19.6. The third-order valence-corrected chi connectivity index (χ3v) is 4.99. The maximum Gasteiger partial charge on any atom is 0.312 e. The Hall–Kier alpha value is -3.06. The molecule has 0 spiro atoms. The van der Waals surface area contributed by atoms with Crippen molar-refractivity contribution in [2.24, 2.45) is 0 Å². The van der Waals surface area contributed by atoms with Crippen LogP contribution in [0.5, 0.6) is 5.75 Å². The molecule has 0 aliphatic carbocycles. The van der Waals surface area contributed by atoms with Crippen molar-refractivity contribution in [1.29, 1.82) is 0 Å². The van der Waals surface area contributed by atoms with Crippen LogP contribution in [0, 0.1) is 0 Å². The fraction of sp³-hybridized carbons (Fsp3) is 0.111. The van der Waals surface area contributed by atoms with Crippen LogP contribution < -0.4 is 10.2 Å². The smallest absolute Gasteiger partial charge is 0.312 e. The molecule has 0 saturated heterocycles. The number of carbonyl (C=O) groups is 1. The molecule has 7 heteroatoms. The average molecular weight is 350 g/mol. The first kappa shape index (κ1) is 14.3. The molecule has 0 bridgehead atoms. The van der Waals surface area contributed by atoms with Gasteiger partial charge in [-0.05, 0) is 24.3 Å². The molecule has 5 rings (SSSR count). The van der Waals surface area contributed by atoms with Gasteiger partial charge in [0.25, 0.3) is 0 Å². The predicted octanol–water partition coefficient (Wildman–Crippen LogP) is 3.24. The molecule has 0 saturated carbocycles. The lowest BCUT2D eigenvalue weighted by Gasteiger charge is -2.24. The number of para-hydroxylation sites is 1. The summed E-state index contributed by atoms with van der Waals surface area (Å²) >= 11 is 1.09. The van der Waals surface area contributed by atoms with Crippen LogP contribution in [-0.2, 0) is 4.79 Å². The number of esters is 1. The van der Waals surface area contributed by atoms with Gasteiger partial charge < -0.3 is 9.15 Å². The highest BCUT2D eigenvalue weighted by molar-refractivity contribution is 7.00. The topological polar surface area (TPSA) is 82.3 Å². The van der Waals surface area contributed by atoms with Gasteiger partial charge in [-0.1, -0.05) is 12.1 Å². The lowest BCUT2D eigenvalue weighted by molar-refractivity contribution is -0.135. The van der Waals surface area contributed by atoms with Gasteiger partial charge in [0.2, 0.25) is 0 Å². The van der Waals surface area contributed by atoms with Gasteiger partial charge in [-0.25, -0.2) is 0 Å². The monoisotopic (exact) mass is 350 g/mol. The molecular formula is C18H10N2O4S. The van der Waals surface area contributed by atoms with E-state index < -0.39 is 5.92 Å². The van der Waals surface area contributed by atoms with E-state index in [1.165, 1.54) is 6.26 Å². The summed E-state index contributed by atoms with van der Waals surface area (Å²) in [6.45, 7) is 0. The average Bonchev–Trinajstić information content (AvgIpc) is 3.10. The number of rotatable bonds is 1. The van der Waals surface area contributed by atoms with Crippen molar-refractivity contribution in [2.45, 2.75) is 12.3 Å². The number of carbonyl (C=O) groups excluding carboxylic acids is 1. The summed E-state index contributed by atoms with van der Waals surface area (Å²) in [7, 11) is 0. The molecule has 6 nitrogen and oxygen atoms in total. The van der Waals surface area contributed by atoms with Gasteiger partial charge >= 0.3 is 5.97 Å². The summed E-state index contributed by atoms with van der Waals surface area (Å²) in [5, 5.41) is 0.490. The Kier molecular flexibility index (Phi) is 2.98. The van der Waals surface area contributed by atoms with Crippen LogP contribution in [0.1, 0.15) is 23.5 Å². The quantitative estimate of drug-likeness (QED) is 0.387. The number of ether oxygens (including phenoxy) is 1. The van der Waals surface area contributed by atoms with Gasteiger partial charge in [-0.3, -0.25) is 9.59 Å². The summed E-state index contributed by atoms with van der Waals surface area (Å²) in [6.07, 6.45) is 1.50. The Balaban J connectivity index is 1.81. The lowest BCUT2D eigenvalue weighted by Crippen LogP contribution is -2.25. The standard InChI is InChI=1S/C18H10N2O4S/c21-15-7-10(11-8-23-13-4-2-1-3-9(13)18(11)22)16-14(24-15)6-5-12-17(16)20-25-19-12/h1-6,8,10H,7H2/t10-/m1/s1. The van der Waals surface area contributed by atoms with E-state index in [1.807, 2.05) is 6.07 Å². The van der Waals surface area contributed by atoms with E-state index >= 15 is 0 Å². The van der Waals surface area contributed by atoms with E-state index in [9.17, 15) is 9.59 Å². The van der Waals surface area contributed by atoms with Gasteiger partial charge in [0.15, 0.2) is 5.43 Å². The van der Waals surface area contributed by atoms with Crippen molar-refractivity contribution in [3.63, 3.8) is 0 Å². The zero-order chi connectivity index (χ0) is 17.0. The molecule has 0 radical (unpaired) electrons. The number of benzene rings is 2. The molecule has 4 aromatic rings. The molecule has 0 N–H and O–H groups in total. The molecule has 2 aromatic heterocycles. The first-order chi connectivity index (χ1) is 12.2. The van der Waals surface area contributed by atoms with E-state index in [0.29, 0.717) is 33.4 Å². The molecule has 1 aliphatic rings. The number of aromatic nitrogens is 2. The van der Waals surface area contributed by atoms with Gasteiger partial charge in [0, 0.05) is 17.0 Å². The van der Waals surface area contributed by atoms with Gasteiger partial charge in [0.05, 0.1) is 29.8 Å². The van der Waals surface area contributed by atoms with Crippen LogP contribution in [0.25, 0.3) is 22.0 Å². The molecule has 3 heterocycles. The minimum Gasteiger partial charge on any atom is -0.464 e. The Morgan fingerprint density at radius 3 is 2.88 bits per heavy atom. The van der Waals surface area contributed by atoms with E-state index in [-0.39, 0.29) is 17.8 Å². The Bertz CT molecular complexity index is 1210. The SMILES string of the molecule is O=C1C[C@H](c2coc3ccccc3c2=O)c2c(ccc3nsnc23)O1. The molecule has 25 heavy (non-hydrogen) atoms. The van der Waals surface area contributed by atoms with E-state index in [2.05, 4.69) is 8.75 Å². The van der Waals surface area contributed by atoms with Crippen LogP contribution in [0.3, 0.4) is 0 Å². The van der Waals surface area contributed by atoms with Gasteiger partial charge in [-0.2, -0.15) is 8.75 Å². The molecular weight excluding hydrogens is 340 g/mol. The first-order valence-electron chi connectivity index (χ1n) is 7.68. The van der Waals surface area contributed by atoms with E-state index in [1.54, 1.807) is 30.3 Å². The highest BCUT2D eigenvalue weighted by Crippen LogP contribution is 2.41.